The second-order valence-electron chi connectivity index (χ2n) is 8.21. The first-order valence-electron chi connectivity index (χ1n) is 10.7. The summed E-state index contributed by atoms with van der Waals surface area (Å²) in [6.07, 6.45) is 1.64. The van der Waals surface area contributed by atoms with Gasteiger partial charge in [-0.2, -0.15) is 0 Å². The standard InChI is InChI=1S/C27H31FN2O/c1-18-5-9-21(10-6-18)11-16-25(23-14-15-24(28)20(3)17-23)30-26(27(31)29-4)22-12-7-19(2)8-13-22/h5-10,12-15,17,25-26,30H,11,16H2,1-4H3,(H,29,31)/t25-,26+/m1/s1. The molecule has 3 aromatic rings. The van der Waals surface area contributed by atoms with Crippen LogP contribution in [0.3, 0.4) is 0 Å². The van der Waals surface area contributed by atoms with Gasteiger partial charge in [-0.1, -0.05) is 71.8 Å². The first-order chi connectivity index (χ1) is 14.9. The Morgan fingerprint density at radius 2 is 1.45 bits per heavy atom. The highest BCUT2D eigenvalue weighted by molar-refractivity contribution is 5.83. The number of halogens is 1. The van der Waals surface area contributed by atoms with Gasteiger partial charge in [0.2, 0.25) is 5.91 Å². The number of hydrogen-bond donors (Lipinski definition) is 2. The maximum Gasteiger partial charge on any atom is 0.241 e. The van der Waals surface area contributed by atoms with Gasteiger partial charge in [0.15, 0.2) is 0 Å². The molecule has 3 rings (SSSR count). The Balaban J connectivity index is 1.90. The molecule has 1 amide bonds. The van der Waals surface area contributed by atoms with Crippen molar-refractivity contribution in [3.8, 4) is 0 Å². The lowest BCUT2D eigenvalue weighted by atomic mass is 9.95. The van der Waals surface area contributed by atoms with Gasteiger partial charge in [-0.05, 0) is 61.9 Å². The number of hydrogen-bond acceptors (Lipinski definition) is 2. The van der Waals surface area contributed by atoms with Crippen molar-refractivity contribution < 1.29 is 9.18 Å². The summed E-state index contributed by atoms with van der Waals surface area (Å²) in [5.41, 5.74) is 6.10. The lowest BCUT2D eigenvalue weighted by molar-refractivity contribution is -0.123. The second-order valence-corrected chi connectivity index (χ2v) is 8.21. The van der Waals surface area contributed by atoms with Crippen LogP contribution in [0.25, 0.3) is 0 Å². The van der Waals surface area contributed by atoms with Crippen molar-refractivity contribution in [3.05, 3.63) is 106 Å². The van der Waals surface area contributed by atoms with E-state index in [1.165, 1.54) is 17.2 Å². The lowest BCUT2D eigenvalue weighted by Gasteiger charge is -2.26. The van der Waals surface area contributed by atoms with E-state index < -0.39 is 6.04 Å². The number of amides is 1. The van der Waals surface area contributed by atoms with E-state index in [-0.39, 0.29) is 17.8 Å². The van der Waals surface area contributed by atoms with Gasteiger partial charge in [-0.25, -0.2) is 4.39 Å². The van der Waals surface area contributed by atoms with Crippen LogP contribution in [-0.4, -0.2) is 13.0 Å². The van der Waals surface area contributed by atoms with Crippen molar-refractivity contribution >= 4 is 5.91 Å². The maximum absolute atomic E-state index is 13.9. The normalized spacial score (nSPS) is 12.9. The Hall–Kier alpha value is -2.98. The van der Waals surface area contributed by atoms with Gasteiger partial charge in [0, 0.05) is 13.1 Å². The van der Waals surface area contributed by atoms with Crippen molar-refractivity contribution in [1.29, 1.82) is 0 Å². The minimum absolute atomic E-state index is 0.0944. The molecule has 0 aromatic heterocycles. The average Bonchev–Trinajstić information content (AvgIpc) is 2.77. The Morgan fingerprint density at radius 3 is 2.03 bits per heavy atom. The molecule has 0 aliphatic carbocycles. The number of rotatable bonds is 8. The van der Waals surface area contributed by atoms with Gasteiger partial charge < -0.3 is 5.32 Å². The number of carbonyl (C=O) groups is 1. The highest BCUT2D eigenvalue weighted by Crippen LogP contribution is 2.26. The second kappa shape index (κ2) is 10.4. The zero-order valence-electron chi connectivity index (χ0n) is 18.7. The molecule has 0 spiro atoms. The summed E-state index contributed by atoms with van der Waals surface area (Å²) < 4.78 is 13.9. The summed E-state index contributed by atoms with van der Waals surface area (Å²) in [5, 5.41) is 6.32. The zero-order valence-corrected chi connectivity index (χ0v) is 18.7. The van der Waals surface area contributed by atoms with E-state index in [4.69, 9.17) is 0 Å². The quantitative estimate of drug-likeness (QED) is 0.507. The fraction of sp³-hybridized carbons (Fsp3) is 0.296. The minimum Gasteiger partial charge on any atom is -0.358 e. The molecule has 0 bridgehead atoms. The molecule has 0 aliphatic heterocycles. The van der Waals surface area contributed by atoms with Gasteiger partial charge in [0.05, 0.1) is 0 Å². The summed E-state index contributed by atoms with van der Waals surface area (Å²) in [6.45, 7) is 5.87. The Morgan fingerprint density at radius 1 is 0.871 bits per heavy atom. The van der Waals surface area contributed by atoms with Crippen molar-refractivity contribution in [3.63, 3.8) is 0 Å². The van der Waals surface area contributed by atoms with E-state index >= 15 is 0 Å². The van der Waals surface area contributed by atoms with Crippen molar-refractivity contribution in [1.82, 2.24) is 10.6 Å². The van der Waals surface area contributed by atoms with Crippen LogP contribution in [0.1, 0.15) is 51.9 Å². The van der Waals surface area contributed by atoms with E-state index in [1.807, 2.05) is 43.3 Å². The summed E-state index contributed by atoms with van der Waals surface area (Å²) in [6, 6.07) is 21.1. The highest BCUT2D eigenvalue weighted by Gasteiger charge is 2.24. The summed E-state index contributed by atoms with van der Waals surface area (Å²) >= 11 is 0. The number of aryl methyl sites for hydroxylation is 4. The molecular formula is C27H31FN2O. The number of nitrogens with one attached hydrogen (secondary N) is 2. The fourth-order valence-electron chi connectivity index (χ4n) is 3.72. The SMILES string of the molecule is CNC(=O)[C@@H](N[C@H](CCc1ccc(C)cc1)c1ccc(F)c(C)c1)c1ccc(C)cc1. The van der Waals surface area contributed by atoms with Crippen LogP contribution in [0.15, 0.2) is 66.7 Å². The Labute approximate surface area is 184 Å². The van der Waals surface area contributed by atoms with Gasteiger partial charge in [0.25, 0.3) is 0 Å². The molecule has 0 heterocycles. The molecule has 0 fully saturated rings. The molecular weight excluding hydrogens is 387 g/mol. The Bertz CT molecular complexity index is 1010. The third-order valence-corrected chi connectivity index (χ3v) is 5.71. The van der Waals surface area contributed by atoms with Gasteiger partial charge in [-0.3, -0.25) is 10.1 Å². The molecule has 3 aromatic carbocycles. The monoisotopic (exact) mass is 418 g/mol. The summed E-state index contributed by atoms with van der Waals surface area (Å²) in [5.74, 6) is -0.314. The van der Waals surface area contributed by atoms with Crippen LogP contribution in [0.2, 0.25) is 0 Å². The maximum atomic E-state index is 13.9. The molecule has 2 N–H and O–H groups in total. The number of carbonyl (C=O) groups excluding carboxylic acids is 1. The van der Waals surface area contributed by atoms with Gasteiger partial charge in [-0.15, -0.1) is 0 Å². The first kappa shape index (κ1) is 22.7. The lowest BCUT2D eigenvalue weighted by Crippen LogP contribution is -2.38. The Kier molecular flexibility index (Phi) is 7.59. The summed E-state index contributed by atoms with van der Waals surface area (Å²) in [7, 11) is 1.65. The van der Waals surface area contributed by atoms with Crippen LogP contribution in [0.5, 0.6) is 0 Å². The van der Waals surface area contributed by atoms with Crippen LogP contribution in [0.4, 0.5) is 4.39 Å². The molecule has 4 heteroatoms. The number of likely N-dealkylation sites (N-methyl/N-ethyl adjacent to an activating group) is 1. The molecule has 31 heavy (non-hydrogen) atoms. The van der Waals surface area contributed by atoms with E-state index in [0.29, 0.717) is 5.56 Å². The third kappa shape index (κ3) is 6.02. The first-order valence-corrected chi connectivity index (χ1v) is 10.7. The van der Waals surface area contributed by atoms with Crippen LogP contribution >= 0.6 is 0 Å². The van der Waals surface area contributed by atoms with Crippen molar-refractivity contribution in [2.75, 3.05) is 7.05 Å². The third-order valence-electron chi connectivity index (χ3n) is 5.71. The van der Waals surface area contributed by atoms with E-state index in [2.05, 4.69) is 41.8 Å². The van der Waals surface area contributed by atoms with Gasteiger partial charge in [0.1, 0.15) is 11.9 Å². The predicted molar refractivity (Wildman–Crippen MR) is 125 cm³/mol. The zero-order chi connectivity index (χ0) is 22.4. The van der Waals surface area contributed by atoms with E-state index in [0.717, 1.165) is 29.5 Å². The summed E-state index contributed by atoms with van der Waals surface area (Å²) in [4.78, 5) is 12.8. The highest BCUT2D eigenvalue weighted by atomic mass is 19.1. The fourth-order valence-corrected chi connectivity index (χ4v) is 3.72. The molecule has 0 radical (unpaired) electrons. The predicted octanol–water partition coefficient (Wildman–Crippen LogP) is 5.50. The van der Waals surface area contributed by atoms with Crippen LogP contribution in [0, 0.1) is 26.6 Å². The van der Waals surface area contributed by atoms with Crippen LogP contribution < -0.4 is 10.6 Å². The molecule has 2 atom stereocenters. The topological polar surface area (TPSA) is 41.1 Å². The van der Waals surface area contributed by atoms with Crippen LogP contribution in [-0.2, 0) is 11.2 Å². The van der Waals surface area contributed by atoms with Crippen molar-refractivity contribution in [2.24, 2.45) is 0 Å². The number of benzene rings is 3. The minimum atomic E-state index is -0.501. The van der Waals surface area contributed by atoms with Crippen molar-refractivity contribution in [2.45, 2.75) is 45.7 Å². The van der Waals surface area contributed by atoms with E-state index in [1.54, 1.807) is 14.0 Å². The molecule has 0 aliphatic rings. The van der Waals surface area contributed by atoms with E-state index in [9.17, 15) is 9.18 Å². The molecule has 3 nitrogen and oxygen atoms in total. The smallest absolute Gasteiger partial charge is 0.241 e. The average molecular weight is 419 g/mol. The molecule has 0 saturated heterocycles. The molecule has 0 unspecified atom stereocenters. The molecule has 0 saturated carbocycles. The molecule has 162 valence electrons. The largest absolute Gasteiger partial charge is 0.358 e. The van der Waals surface area contributed by atoms with Gasteiger partial charge >= 0.3 is 0 Å².